The number of hydrogen-bond acceptors (Lipinski definition) is 4. The molecule has 1 heterocycles. The Morgan fingerprint density at radius 3 is 2.52 bits per heavy atom. The van der Waals surface area contributed by atoms with E-state index in [1.54, 1.807) is 36.4 Å². The van der Waals surface area contributed by atoms with E-state index in [9.17, 15) is 14.4 Å². The van der Waals surface area contributed by atoms with Crippen LogP contribution in [0.2, 0.25) is 0 Å². The maximum atomic E-state index is 13.3. The number of benzene rings is 2. The second kappa shape index (κ2) is 6.55. The quantitative estimate of drug-likeness (QED) is 0.438. The standard InChI is InChI=1S/C24H25NO4/c1-15-7-5-10-18(13-15)29-21(27)16-8-6-9-17(14-16)25-20(26)19-11-12-24(4,22(25)28)23(19,2)3/h5-10,13-14,19H,11-12H2,1-4H3/t19-,24+/m1/s1. The topological polar surface area (TPSA) is 63.7 Å². The van der Waals surface area contributed by atoms with Gasteiger partial charge in [-0.15, -0.1) is 0 Å². The van der Waals surface area contributed by atoms with Crippen LogP contribution in [0, 0.1) is 23.7 Å². The number of ether oxygens (including phenoxy) is 1. The van der Waals surface area contributed by atoms with Crippen molar-refractivity contribution in [3.05, 3.63) is 59.7 Å². The monoisotopic (exact) mass is 391 g/mol. The summed E-state index contributed by atoms with van der Waals surface area (Å²) in [6.45, 7) is 7.88. The highest BCUT2D eigenvalue weighted by Crippen LogP contribution is 2.60. The van der Waals surface area contributed by atoms with Gasteiger partial charge in [0.25, 0.3) is 0 Å². The van der Waals surface area contributed by atoms with Crippen LogP contribution >= 0.6 is 0 Å². The number of aryl methyl sites for hydroxylation is 1. The Balaban J connectivity index is 1.65. The molecule has 4 rings (SSSR count). The first-order chi connectivity index (χ1) is 13.6. The van der Waals surface area contributed by atoms with Crippen molar-refractivity contribution >= 4 is 23.5 Å². The first-order valence-corrected chi connectivity index (χ1v) is 9.92. The summed E-state index contributed by atoms with van der Waals surface area (Å²) in [5.41, 5.74) is 0.738. The fourth-order valence-electron chi connectivity index (χ4n) is 4.68. The van der Waals surface area contributed by atoms with E-state index in [1.165, 1.54) is 4.90 Å². The maximum absolute atomic E-state index is 13.3. The second-order valence-electron chi connectivity index (χ2n) is 8.88. The van der Waals surface area contributed by atoms with Crippen molar-refractivity contribution < 1.29 is 19.1 Å². The van der Waals surface area contributed by atoms with Crippen molar-refractivity contribution in [2.24, 2.45) is 16.7 Å². The van der Waals surface area contributed by atoms with E-state index in [0.29, 0.717) is 29.8 Å². The molecule has 2 fully saturated rings. The number of hydrogen-bond donors (Lipinski definition) is 0. The van der Waals surface area contributed by atoms with E-state index in [2.05, 4.69) is 0 Å². The lowest BCUT2D eigenvalue weighted by atomic mass is 9.62. The maximum Gasteiger partial charge on any atom is 0.343 e. The Hall–Kier alpha value is -2.95. The summed E-state index contributed by atoms with van der Waals surface area (Å²) in [7, 11) is 0. The molecule has 0 radical (unpaired) electrons. The van der Waals surface area contributed by atoms with Crippen molar-refractivity contribution in [3.8, 4) is 5.75 Å². The average Bonchev–Trinajstić information content (AvgIpc) is 2.85. The molecular weight excluding hydrogens is 366 g/mol. The summed E-state index contributed by atoms with van der Waals surface area (Å²) in [5.74, 6) is -0.639. The van der Waals surface area contributed by atoms with Crippen molar-refractivity contribution in [1.82, 2.24) is 0 Å². The number of amides is 2. The lowest BCUT2D eigenvalue weighted by Gasteiger charge is -2.47. The van der Waals surface area contributed by atoms with Crippen LogP contribution in [0.5, 0.6) is 5.75 Å². The number of carbonyl (C=O) groups is 3. The molecule has 2 bridgehead atoms. The van der Waals surface area contributed by atoms with Gasteiger partial charge in [-0.3, -0.25) is 9.59 Å². The lowest BCUT2D eigenvalue weighted by Crippen LogP contribution is -2.59. The van der Waals surface area contributed by atoms with Crippen LogP contribution in [0.15, 0.2) is 48.5 Å². The number of fused-ring (bicyclic) bond motifs is 2. The van der Waals surface area contributed by atoms with Crippen molar-refractivity contribution in [3.63, 3.8) is 0 Å². The van der Waals surface area contributed by atoms with Gasteiger partial charge in [-0.25, -0.2) is 9.69 Å². The van der Waals surface area contributed by atoms with E-state index >= 15 is 0 Å². The highest BCUT2D eigenvalue weighted by atomic mass is 16.5. The van der Waals surface area contributed by atoms with E-state index < -0.39 is 11.4 Å². The third kappa shape index (κ3) is 2.87. The molecule has 5 heteroatoms. The van der Waals surface area contributed by atoms with Crippen LogP contribution in [-0.4, -0.2) is 17.8 Å². The summed E-state index contributed by atoms with van der Waals surface area (Å²) in [5, 5.41) is 0. The molecule has 0 aromatic heterocycles. The average molecular weight is 391 g/mol. The van der Waals surface area contributed by atoms with Gasteiger partial charge in [0.15, 0.2) is 0 Å². The van der Waals surface area contributed by atoms with Gasteiger partial charge in [0.05, 0.1) is 16.7 Å². The molecule has 2 aromatic rings. The lowest BCUT2D eigenvalue weighted by molar-refractivity contribution is -0.146. The van der Waals surface area contributed by atoms with Gasteiger partial charge < -0.3 is 4.74 Å². The Morgan fingerprint density at radius 2 is 1.79 bits per heavy atom. The Morgan fingerprint density at radius 1 is 1.07 bits per heavy atom. The minimum absolute atomic E-state index is 0.181. The van der Waals surface area contributed by atoms with Gasteiger partial charge in [0.1, 0.15) is 5.75 Å². The van der Waals surface area contributed by atoms with Crippen LogP contribution in [0.4, 0.5) is 5.69 Å². The van der Waals surface area contributed by atoms with E-state index in [1.807, 2.05) is 39.8 Å². The molecule has 150 valence electrons. The smallest absolute Gasteiger partial charge is 0.343 e. The first kappa shape index (κ1) is 19.4. The van der Waals surface area contributed by atoms with Crippen molar-refractivity contribution in [2.75, 3.05) is 4.90 Å². The molecule has 2 atom stereocenters. The normalized spacial score (nSPS) is 25.2. The Bertz CT molecular complexity index is 1030. The third-order valence-corrected chi connectivity index (χ3v) is 6.96. The number of carbonyl (C=O) groups excluding carboxylic acids is 3. The number of nitrogens with zero attached hydrogens (tertiary/aromatic N) is 1. The van der Waals surface area contributed by atoms with Gasteiger partial charge in [-0.1, -0.05) is 39.0 Å². The Labute approximate surface area is 170 Å². The molecule has 1 aliphatic carbocycles. The van der Waals surface area contributed by atoms with Gasteiger partial charge in [-0.2, -0.15) is 0 Å². The summed E-state index contributed by atoms with van der Waals surface area (Å²) >= 11 is 0. The first-order valence-electron chi connectivity index (χ1n) is 9.92. The molecule has 0 unspecified atom stereocenters. The number of anilines is 1. The molecule has 2 aromatic carbocycles. The SMILES string of the molecule is Cc1cccc(OC(=O)c2cccc(N3C(=O)[C@H]4CC[C@@](C)(C3=O)C4(C)C)c2)c1. The minimum atomic E-state index is -0.594. The molecular formula is C24H25NO4. The van der Waals surface area contributed by atoms with Gasteiger partial charge in [0, 0.05) is 5.92 Å². The molecule has 1 saturated heterocycles. The zero-order valence-corrected chi connectivity index (χ0v) is 17.2. The third-order valence-electron chi connectivity index (χ3n) is 6.96. The number of imide groups is 1. The minimum Gasteiger partial charge on any atom is -0.423 e. The van der Waals surface area contributed by atoms with Gasteiger partial charge in [-0.05, 0) is 61.1 Å². The van der Waals surface area contributed by atoms with E-state index in [-0.39, 0.29) is 23.1 Å². The molecule has 0 N–H and O–H groups in total. The molecule has 1 aliphatic heterocycles. The predicted molar refractivity (Wildman–Crippen MR) is 110 cm³/mol. The molecule has 2 aliphatic rings. The molecule has 29 heavy (non-hydrogen) atoms. The fraction of sp³-hybridized carbons (Fsp3) is 0.375. The largest absolute Gasteiger partial charge is 0.423 e. The zero-order valence-electron chi connectivity index (χ0n) is 17.2. The van der Waals surface area contributed by atoms with E-state index in [0.717, 1.165) is 5.56 Å². The predicted octanol–water partition coefficient (Wildman–Crippen LogP) is 4.53. The van der Waals surface area contributed by atoms with E-state index in [4.69, 9.17) is 4.74 Å². The summed E-state index contributed by atoms with van der Waals surface area (Å²) in [4.78, 5) is 40.4. The van der Waals surface area contributed by atoms with Crippen LogP contribution in [0.1, 0.15) is 49.5 Å². The van der Waals surface area contributed by atoms with Crippen molar-refractivity contribution in [2.45, 2.75) is 40.5 Å². The molecule has 5 nitrogen and oxygen atoms in total. The Kier molecular flexibility index (Phi) is 4.37. The number of esters is 1. The number of piperidine rings is 1. The summed E-state index contributed by atoms with van der Waals surface area (Å²) in [6.07, 6.45) is 1.40. The fourth-order valence-corrected chi connectivity index (χ4v) is 4.68. The summed E-state index contributed by atoms with van der Waals surface area (Å²) < 4.78 is 5.46. The van der Waals surface area contributed by atoms with Gasteiger partial charge >= 0.3 is 5.97 Å². The van der Waals surface area contributed by atoms with Crippen LogP contribution < -0.4 is 9.64 Å². The summed E-state index contributed by atoms with van der Waals surface area (Å²) in [6, 6.07) is 13.8. The zero-order chi connectivity index (χ0) is 21.0. The van der Waals surface area contributed by atoms with Crippen molar-refractivity contribution in [1.29, 1.82) is 0 Å². The van der Waals surface area contributed by atoms with Crippen LogP contribution in [-0.2, 0) is 9.59 Å². The highest BCUT2D eigenvalue weighted by Gasteiger charge is 2.64. The number of rotatable bonds is 3. The highest BCUT2D eigenvalue weighted by molar-refractivity contribution is 6.20. The van der Waals surface area contributed by atoms with Crippen LogP contribution in [0.25, 0.3) is 0 Å². The molecule has 0 spiro atoms. The molecule has 1 saturated carbocycles. The van der Waals surface area contributed by atoms with Gasteiger partial charge in [0.2, 0.25) is 11.8 Å². The van der Waals surface area contributed by atoms with Crippen LogP contribution in [0.3, 0.4) is 0 Å². The second-order valence-corrected chi connectivity index (χ2v) is 8.88. The molecule has 2 amide bonds.